The second-order valence-electron chi connectivity index (χ2n) is 14.4. The number of carbonyl (C=O) groups is 1. The highest BCUT2D eigenvalue weighted by molar-refractivity contribution is 6.30. The van der Waals surface area contributed by atoms with E-state index in [0.29, 0.717) is 57.0 Å². The molecule has 1 saturated carbocycles. The molecule has 0 spiro atoms. The summed E-state index contributed by atoms with van der Waals surface area (Å²) in [4.78, 5) is 43.3. The minimum atomic E-state index is -0.416. The van der Waals surface area contributed by atoms with Crippen molar-refractivity contribution in [3.8, 4) is 11.4 Å². The zero-order valence-corrected chi connectivity index (χ0v) is 28.9. The van der Waals surface area contributed by atoms with Crippen molar-refractivity contribution >= 4 is 40.1 Å². The number of nitrogens with one attached hydrogen (secondary N) is 2. The van der Waals surface area contributed by atoms with Crippen molar-refractivity contribution in [2.75, 3.05) is 18.4 Å². The second-order valence-corrected chi connectivity index (χ2v) is 14.8. The highest BCUT2D eigenvalue weighted by Crippen LogP contribution is 2.45. The van der Waals surface area contributed by atoms with Crippen molar-refractivity contribution in [3.63, 3.8) is 0 Å². The molecule has 0 bridgehead atoms. The van der Waals surface area contributed by atoms with Crippen LogP contribution >= 0.6 is 11.6 Å². The Balaban J connectivity index is 1.39. The monoisotopic (exact) mass is 671 g/mol. The molecule has 6 rings (SSSR count). The van der Waals surface area contributed by atoms with Crippen molar-refractivity contribution in [1.29, 1.82) is 0 Å². The van der Waals surface area contributed by atoms with E-state index in [0.717, 1.165) is 19.3 Å². The summed E-state index contributed by atoms with van der Waals surface area (Å²) < 4.78 is 16.2. The molecule has 11 heteroatoms. The van der Waals surface area contributed by atoms with Crippen LogP contribution in [-0.2, 0) is 17.8 Å². The Hall–Kier alpha value is -4.31. The van der Waals surface area contributed by atoms with Gasteiger partial charge >= 0.3 is 0 Å². The van der Waals surface area contributed by atoms with Crippen LogP contribution in [0.25, 0.3) is 22.3 Å². The Morgan fingerprint density at radius 2 is 1.94 bits per heavy atom. The van der Waals surface area contributed by atoms with Crippen molar-refractivity contribution in [1.82, 2.24) is 24.8 Å². The van der Waals surface area contributed by atoms with Gasteiger partial charge in [0, 0.05) is 47.8 Å². The van der Waals surface area contributed by atoms with Crippen LogP contribution in [0.5, 0.6) is 0 Å². The molecule has 3 atom stereocenters. The van der Waals surface area contributed by atoms with Gasteiger partial charge in [-0.2, -0.15) is 0 Å². The first-order chi connectivity index (χ1) is 22.8. The molecule has 1 aliphatic carbocycles. The minimum Gasteiger partial charge on any atom is -0.350 e. The number of fused-ring (bicyclic) bond motifs is 1. The average molecular weight is 672 g/mol. The van der Waals surface area contributed by atoms with Gasteiger partial charge < -0.3 is 15.5 Å². The third-order valence-electron chi connectivity index (χ3n) is 9.88. The van der Waals surface area contributed by atoms with Gasteiger partial charge in [0.25, 0.3) is 5.56 Å². The van der Waals surface area contributed by atoms with E-state index in [4.69, 9.17) is 21.6 Å². The maximum atomic E-state index is 14.6. The molecule has 2 aromatic heterocycles. The molecule has 2 aliphatic rings. The fraction of sp³-hybridized carbons (Fsp3) is 0.432. The summed E-state index contributed by atoms with van der Waals surface area (Å²) in [7, 11) is 0. The van der Waals surface area contributed by atoms with E-state index in [1.165, 1.54) is 6.07 Å². The van der Waals surface area contributed by atoms with Crippen LogP contribution in [-0.4, -0.2) is 56.0 Å². The topological polar surface area (TPSA) is 105 Å². The molecule has 2 N–H and O–H groups in total. The molecule has 0 radical (unpaired) electrons. The van der Waals surface area contributed by atoms with E-state index in [9.17, 15) is 14.0 Å². The third kappa shape index (κ3) is 7.23. The number of aryl methyl sites for hydroxylation is 1. The summed E-state index contributed by atoms with van der Waals surface area (Å²) in [6.07, 6.45) is 6.67. The van der Waals surface area contributed by atoms with Gasteiger partial charge in [-0.1, -0.05) is 38.4 Å². The molecule has 48 heavy (non-hydrogen) atoms. The molecule has 3 heterocycles. The fourth-order valence-electron chi connectivity index (χ4n) is 6.98. The Bertz CT molecular complexity index is 1930. The van der Waals surface area contributed by atoms with Gasteiger partial charge in [0.15, 0.2) is 5.96 Å². The highest BCUT2D eigenvalue weighted by atomic mass is 35.5. The molecule has 2 fully saturated rings. The summed E-state index contributed by atoms with van der Waals surface area (Å²) in [6, 6.07) is 13.6. The fourth-order valence-corrected chi connectivity index (χ4v) is 7.14. The lowest BCUT2D eigenvalue weighted by molar-refractivity contribution is -0.123. The first-order valence-corrected chi connectivity index (χ1v) is 17.0. The maximum Gasteiger partial charge on any atom is 0.261 e. The Kier molecular flexibility index (Phi) is 9.31. The van der Waals surface area contributed by atoms with Crippen LogP contribution < -0.4 is 16.2 Å². The lowest BCUT2D eigenvalue weighted by atomic mass is 9.65. The summed E-state index contributed by atoms with van der Waals surface area (Å²) in [6.45, 7) is 12.1. The van der Waals surface area contributed by atoms with E-state index >= 15 is 0 Å². The lowest BCUT2D eigenvalue weighted by Gasteiger charge is -2.45. The first kappa shape index (κ1) is 33.6. The number of amides is 1. The van der Waals surface area contributed by atoms with Crippen LogP contribution in [0.1, 0.15) is 59.4 Å². The number of carbonyl (C=O) groups excluding carboxylic acids is 1. The molecule has 252 valence electrons. The van der Waals surface area contributed by atoms with Crippen molar-refractivity contribution in [2.24, 2.45) is 16.3 Å². The highest BCUT2D eigenvalue weighted by Gasteiger charge is 2.41. The largest absolute Gasteiger partial charge is 0.350 e. The number of pyridine rings is 1. The van der Waals surface area contributed by atoms with Crippen molar-refractivity contribution < 1.29 is 9.18 Å². The smallest absolute Gasteiger partial charge is 0.261 e. The summed E-state index contributed by atoms with van der Waals surface area (Å²) in [5.74, 6) is 0.951. The predicted molar refractivity (Wildman–Crippen MR) is 190 cm³/mol. The zero-order chi connectivity index (χ0) is 34.2. The number of benzene rings is 2. The number of halogens is 2. The molecule has 1 saturated heterocycles. The molecular weight excluding hydrogens is 629 g/mol. The number of nitrogens with zero attached hydrogens (tertiary/aromatic N) is 5. The van der Waals surface area contributed by atoms with Crippen LogP contribution in [0.4, 0.5) is 10.1 Å². The molecular formula is C37H43ClFN7O2. The predicted octanol–water partition coefficient (Wildman–Crippen LogP) is 6.69. The summed E-state index contributed by atoms with van der Waals surface area (Å²) >= 11 is 5.96. The van der Waals surface area contributed by atoms with Crippen LogP contribution in [0.3, 0.4) is 0 Å². The molecule has 9 nitrogen and oxygen atoms in total. The molecule has 4 aromatic rings. The SMILES string of the molecule is C[C@H]1CN(C(=NC2(C)CCC(C)(C)C[C@@H]2C)Nc2ccc3c(=O)n(CCc4ccc(Cl)cc4F)c(-c4cccnc4)nc3c2)CC(=O)N1. The Morgan fingerprint density at radius 1 is 1.12 bits per heavy atom. The van der Waals surface area contributed by atoms with E-state index in [2.05, 4.69) is 43.3 Å². The number of aromatic nitrogens is 3. The summed E-state index contributed by atoms with van der Waals surface area (Å²) in [5, 5.41) is 7.28. The Morgan fingerprint density at radius 3 is 2.65 bits per heavy atom. The number of rotatable bonds is 6. The third-order valence-corrected chi connectivity index (χ3v) is 10.1. The van der Waals surface area contributed by atoms with E-state index in [1.807, 2.05) is 30.0 Å². The maximum absolute atomic E-state index is 14.6. The Labute approximate surface area is 285 Å². The van der Waals surface area contributed by atoms with Gasteiger partial charge in [-0.05, 0) is 98.9 Å². The number of hydrogen-bond donors (Lipinski definition) is 2. The zero-order valence-electron chi connectivity index (χ0n) is 28.2. The number of piperazine rings is 1. The van der Waals surface area contributed by atoms with Crippen LogP contribution in [0, 0.1) is 17.2 Å². The average Bonchev–Trinajstić information content (AvgIpc) is 3.03. The number of anilines is 1. The molecule has 2 aromatic carbocycles. The van der Waals surface area contributed by atoms with Gasteiger partial charge in [0.1, 0.15) is 11.6 Å². The quantitative estimate of drug-likeness (QED) is 0.175. The van der Waals surface area contributed by atoms with Gasteiger partial charge in [-0.3, -0.25) is 19.1 Å². The normalized spacial score (nSPS) is 22.9. The number of guanidine groups is 1. The number of hydrogen-bond acceptors (Lipinski definition) is 5. The van der Waals surface area contributed by atoms with Crippen LogP contribution in [0.15, 0.2) is 70.7 Å². The first-order valence-electron chi connectivity index (χ1n) is 16.6. The van der Waals surface area contributed by atoms with Crippen molar-refractivity contribution in [3.05, 3.63) is 87.7 Å². The van der Waals surface area contributed by atoms with Gasteiger partial charge in [0.05, 0.1) is 23.0 Å². The summed E-state index contributed by atoms with van der Waals surface area (Å²) in [5.41, 5.74) is 2.05. The van der Waals surface area contributed by atoms with Gasteiger partial charge in [0.2, 0.25) is 5.91 Å². The second kappa shape index (κ2) is 13.3. The van der Waals surface area contributed by atoms with Gasteiger partial charge in [-0.15, -0.1) is 0 Å². The van der Waals surface area contributed by atoms with Gasteiger partial charge in [-0.25, -0.2) is 14.4 Å². The van der Waals surface area contributed by atoms with E-state index in [-0.39, 0.29) is 48.0 Å². The standard InChI is InChI=1S/C37H43ClFN7O2/c1-23-19-36(3,4)13-14-37(23,5)44-35(45-21-24(2)41-32(47)22-45)42-28-10-11-29-31(18-28)43-33(26-7-6-15-40-20-26)46(34(29)48)16-12-25-8-9-27(38)17-30(25)39/h6-11,15,17-18,20,23-24H,12-14,16,19,21-22H2,1-5H3,(H,41,47)(H,42,44)/t23-,24-,37?/m0/s1. The lowest BCUT2D eigenvalue weighted by Crippen LogP contribution is -2.56. The molecule has 1 aliphatic heterocycles. The molecule has 1 unspecified atom stereocenters. The minimum absolute atomic E-state index is 0.0334. The molecule has 1 amide bonds. The van der Waals surface area contributed by atoms with Crippen LogP contribution in [0.2, 0.25) is 5.02 Å². The number of aliphatic imine (C=N–C) groups is 1. The van der Waals surface area contributed by atoms with E-state index < -0.39 is 5.82 Å². The van der Waals surface area contributed by atoms with E-state index in [1.54, 1.807) is 41.2 Å². The van der Waals surface area contributed by atoms with Crippen molar-refractivity contribution in [2.45, 2.75) is 78.4 Å².